The van der Waals surface area contributed by atoms with Crippen molar-refractivity contribution in [2.75, 3.05) is 5.32 Å². The molecule has 1 N–H and O–H groups in total. The Balaban J connectivity index is 1.72. The van der Waals surface area contributed by atoms with Gasteiger partial charge in [0.05, 0.1) is 11.3 Å². The maximum Gasteiger partial charge on any atom is 0.259 e. The van der Waals surface area contributed by atoms with Crippen LogP contribution in [0.25, 0.3) is 0 Å². The second-order valence-corrected chi connectivity index (χ2v) is 6.77. The highest BCUT2D eigenvalue weighted by Gasteiger charge is 2.14. The summed E-state index contributed by atoms with van der Waals surface area (Å²) in [5, 5.41) is 7.34. The molecule has 0 bridgehead atoms. The van der Waals surface area contributed by atoms with E-state index in [0.29, 0.717) is 22.2 Å². The topological polar surface area (TPSA) is 80.9 Å². The van der Waals surface area contributed by atoms with E-state index in [-0.39, 0.29) is 5.91 Å². The minimum Gasteiger partial charge on any atom is -0.361 e. The summed E-state index contributed by atoms with van der Waals surface area (Å²) in [6, 6.07) is 8.87. The number of amides is 1. The molecule has 3 aromatic rings. The molecule has 0 aliphatic carbocycles. The molecule has 0 radical (unpaired) electrons. The average Bonchev–Trinajstić information content (AvgIpc) is 3.01. The van der Waals surface area contributed by atoms with Gasteiger partial charge in [-0.25, -0.2) is 9.97 Å². The zero-order valence-corrected chi connectivity index (χ0v) is 15.1. The van der Waals surface area contributed by atoms with Crippen LogP contribution < -0.4 is 5.32 Å². The van der Waals surface area contributed by atoms with Crippen molar-refractivity contribution in [3.05, 3.63) is 64.2 Å². The van der Waals surface area contributed by atoms with Crippen LogP contribution in [-0.2, 0) is 5.75 Å². The number of aryl methyl sites for hydroxylation is 1. The van der Waals surface area contributed by atoms with Crippen molar-refractivity contribution in [3.63, 3.8) is 0 Å². The van der Waals surface area contributed by atoms with Gasteiger partial charge in [-0.15, -0.1) is 0 Å². The molecule has 0 spiro atoms. The molecular weight excluding hydrogens is 392 g/mol. The maximum atomic E-state index is 12.5. The maximum absolute atomic E-state index is 12.5. The van der Waals surface area contributed by atoms with Gasteiger partial charge in [0.25, 0.3) is 5.91 Å². The molecule has 1 amide bonds. The summed E-state index contributed by atoms with van der Waals surface area (Å²) in [5.74, 6) is 1.56. The first-order chi connectivity index (χ1) is 11.6. The van der Waals surface area contributed by atoms with Gasteiger partial charge in [0.2, 0.25) is 0 Å². The van der Waals surface area contributed by atoms with Crippen LogP contribution in [0.5, 0.6) is 0 Å². The molecule has 0 saturated heterocycles. The summed E-state index contributed by atoms with van der Waals surface area (Å²) in [4.78, 5) is 20.9. The average molecular weight is 405 g/mol. The fourth-order valence-electron chi connectivity index (χ4n) is 1.94. The van der Waals surface area contributed by atoms with Gasteiger partial charge >= 0.3 is 0 Å². The van der Waals surface area contributed by atoms with Crippen LogP contribution in [0, 0.1) is 6.92 Å². The van der Waals surface area contributed by atoms with Crippen molar-refractivity contribution in [2.24, 2.45) is 0 Å². The Hall–Kier alpha value is -2.19. The van der Waals surface area contributed by atoms with Crippen molar-refractivity contribution >= 4 is 39.4 Å². The largest absolute Gasteiger partial charge is 0.361 e. The highest BCUT2D eigenvalue weighted by Crippen LogP contribution is 2.24. The fraction of sp³-hybridized carbons (Fsp3) is 0.125. The summed E-state index contributed by atoms with van der Waals surface area (Å²) in [6.45, 7) is 1.84. The zero-order chi connectivity index (χ0) is 16.9. The molecule has 0 aromatic carbocycles. The van der Waals surface area contributed by atoms with Crippen LogP contribution in [0.2, 0.25) is 0 Å². The second kappa shape index (κ2) is 7.59. The zero-order valence-electron chi connectivity index (χ0n) is 12.7. The fourth-order valence-corrected chi connectivity index (χ4v) is 3.05. The first-order valence-corrected chi connectivity index (χ1v) is 8.82. The summed E-state index contributed by atoms with van der Waals surface area (Å²) in [7, 11) is 0. The third-order valence-electron chi connectivity index (χ3n) is 3.02. The number of carbonyl (C=O) groups is 1. The van der Waals surface area contributed by atoms with Crippen LogP contribution in [0.1, 0.15) is 21.8 Å². The van der Waals surface area contributed by atoms with Crippen molar-refractivity contribution in [2.45, 2.75) is 17.7 Å². The number of aromatic nitrogens is 3. The molecule has 0 unspecified atom stereocenters. The van der Waals surface area contributed by atoms with Crippen LogP contribution in [-0.4, -0.2) is 21.0 Å². The predicted molar refractivity (Wildman–Crippen MR) is 94.9 cm³/mol. The highest BCUT2D eigenvalue weighted by atomic mass is 79.9. The number of halogens is 1. The van der Waals surface area contributed by atoms with E-state index in [4.69, 9.17) is 4.52 Å². The molecule has 0 atom stereocenters. The van der Waals surface area contributed by atoms with Crippen LogP contribution >= 0.6 is 27.7 Å². The number of hydrogen-bond donors (Lipinski definition) is 1. The number of nitrogens with zero attached hydrogens (tertiary/aromatic N) is 3. The number of thioether (sulfide) groups is 1. The Bertz CT molecular complexity index is 851. The smallest absolute Gasteiger partial charge is 0.259 e. The lowest BCUT2D eigenvalue weighted by molar-refractivity contribution is 0.102. The third-order valence-corrected chi connectivity index (χ3v) is 4.53. The van der Waals surface area contributed by atoms with E-state index in [0.717, 1.165) is 15.9 Å². The van der Waals surface area contributed by atoms with E-state index in [1.165, 1.54) is 11.8 Å². The third kappa shape index (κ3) is 4.21. The summed E-state index contributed by atoms with van der Waals surface area (Å²) in [5.41, 5.74) is 1.30. The number of pyridine rings is 2. The molecular formula is C16H13BrN4O2S. The van der Waals surface area contributed by atoms with Crippen LogP contribution in [0.3, 0.4) is 0 Å². The van der Waals surface area contributed by atoms with E-state index >= 15 is 0 Å². The Morgan fingerprint density at radius 2 is 2.21 bits per heavy atom. The number of nitrogens with one attached hydrogen (secondary N) is 1. The number of hydrogen-bond acceptors (Lipinski definition) is 6. The molecule has 122 valence electrons. The van der Waals surface area contributed by atoms with E-state index in [9.17, 15) is 4.79 Å². The normalized spacial score (nSPS) is 10.6. The highest BCUT2D eigenvalue weighted by molar-refractivity contribution is 9.10. The molecule has 3 aromatic heterocycles. The molecule has 0 fully saturated rings. The van der Waals surface area contributed by atoms with E-state index in [1.807, 2.05) is 19.1 Å². The Kier molecular flexibility index (Phi) is 5.27. The van der Waals surface area contributed by atoms with Gasteiger partial charge in [0, 0.05) is 28.7 Å². The van der Waals surface area contributed by atoms with E-state index in [2.05, 4.69) is 36.4 Å². The molecule has 3 heterocycles. The van der Waals surface area contributed by atoms with Crippen LogP contribution in [0.4, 0.5) is 5.82 Å². The molecule has 0 saturated carbocycles. The van der Waals surface area contributed by atoms with Gasteiger partial charge in [0.1, 0.15) is 16.6 Å². The minimum absolute atomic E-state index is 0.253. The lowest BCUT2D eigenvalue weighted by atomic mass is 10.2. The van der Waals surface area contributed by atoms with Gasteiger partial charge in [-0.05, 0) is 47.1 Å². The minimum atomic E-state index is -0.253. The van der Waals surface area contributed by atoms with Gasteiger partial charge in [-0.1, -0.05) is 16.9 Å². The van der Waals surface area contributed by atoms with Gasteiger partial charge in [-0.3, -0.25) is 4.79 Å². The Morgan fingerprint density at radius 3 is 2.92 bits per heavy atom. The lowest BCUT2D eigenvalue weighted by Crippen LogP contribution is -2.14. The molecule has 0 aliphatic heterocycles. The quantitative estimate of drug-likeness (QED) is 0.645. The molecule has 6 nitrogen and oxygen atoms in total. The summed E-state index contributed by atoms with van der Waals surface area (Å²) < 4.78 is 5.89. The summed E-state index contributed by atoms with van der Waals surface area (Å²) in [6.07, 6.45) is 3.28. The van der Waals surface area contributed by atoms with Crippen molar-refractivity contribution < 1.29 is 9.32 Å². The van der Waals surface area contributed by atoms with Gasteiger partial charge in [0.15, 0.2) is 0 Å². The molecule has 24 heavy (non-hydrogen) atoms. The Labute approximate surface area is 151 Å². The lowest BCUT2D eigenvalue weighted by Gasteiger charge is -2.08. The SMILES string of the molecule is Cc1cc(CSc2ncccc2C(=O)Nc2ccc(Br)cn2)no1. The van der Waals surface area contributed by atoms with E-state index < -0.39 is 0 Å². The monoisotopic (exact) mass is 404 g/mol. The van der Waals surface area contributed by atoms with Gasteiger partial charge in [-0.2, -0.15) is 0 Å². The standard InChI is InChI=1S/C16H13BrN4O2S/c1-10-7-12(21-23-10)9-24-16-13(3-2-6-18-16)15(22)20-14-5-4-11(17)8-19-14/h2-8H,9H2,1H3,(H,19,20,22). The first kappa shape index (κ1) is 16.7. The van der Waals surface area contributed by atoms with Crippen LogP contribution in [0.15, 0.2) is 56.7 Å². The van der Waals surface area contributed by atoms with E-state index in [1.54, 1.807) is 30.6 Å². The molecule has 3 rings (SSSR count). The van der Waals surface area contributed by atoms with Crippen molar-refractivity contribution in [1.82, 2.24) is 15.1 Å². The van der Waals surface area contributed by atoms with Crippen molar-refractivity contribution in [1.29, 1.82) is 0 Å². The molecule has 0 aliphatic rings. The number of carbonyl (C=O) groups excluding carboxylic acids is 1. The second-order valence-electron chi connectivity index (χ2n) is 4.89. The van der Waals surface area contributed by atoms with Gasteiger partial charge < -0.3 is 9.84 Å². The summed E-state index contributed by atoms with van der Waals surface area (Å²) >= 11 is 4.74. The molecule has 8 heteroatoms. The predicted octanol–water partition coefficient (Wildman–Crippen LogP) is 4.08. The number of rotatable bonds is 5. The Morgan fingerprint density at radius 1 is 1.33 bits per heavy atom. The number of anilines is 1. The first-order valence-electron chi connectivity index (χ1n) is 7.05. The van der Waals surface area contributed by atoms with Crippen molar-refractivity contribution in [3.8, 4) is 0 Å².